The van der Waals surface area contributed by atoms with E-state index in [0.29, 0.717) is 24.2 Å². The highest BCUT2D eigenvalue weighted by Gasteiger charge is 2.32. The first kappa shape index (κ1) is 13.7. The van der Waals surface area contributed by atoms with Gasteiger partial charge in [0.1, 0.15) is 5.78 Å². The molecule has 0 spiro atoms. The van der Waals surface area contributed by atoms with Crippen LogP contribution < -0.4 is 0 Å². The molecule has 2 rings (SSSR count). The summed E-state index contributed by atoms with van der Waals surface area (Å²) in [6, 6.07) is 6.81. The number of carboxylic acid groups (broad SMARTS) is 1. The smallest absolute Gasteiger partial charge is 0.340 e. The summed E-state index contributed by atoms with van der Waals surface area (Å²) >= 11 is 0. The van der Waals surface area contributed by atoms with Crippen LogP contribution in [-0.4, -0.2) is 22.0 Å². The highest BCUT2D eigenvalue weighted by molar-refractivity contribution is 5.83. The molecule has 2 N–H and O–H groups in total. The predicted molar refractivity (Wildman–Crippen MR) is 69.7 cm³/mol. The Morgan fingerprint density at radius 1 is 1.37 bits per heavy atom. The van der Waals surface area contributed by atoms with E-state index in [1.165, 1.54) is 6.92 Å². The number of carboxylic acids is 1. The third kappa shape index (κ3) is 2.84. The van der Waals surface area contributed by atoms with Crippen molar-refractivity contribution in [3.05, 3.63) is 35.4 Å². The second kappa shape index (κ2) is 5.13. The zero-order chi connectivity index (χ0) is 14.0. The summed E-state index contributed by atoms with van der Waals surface area (Å²) in [6.07, 6.45) is 3.29. The Bertz CT molecular complexity index is 487. The number of aliphatic carboxylic acids is 1. The highest BCUT2D eigenvalue weighted by Crippen LogP contribution is 2.26. The largest absolute Gasteiger partial charge is 0.479 e. The number of carbonyl (C=O) groups is 2. The van der Waals surface area contributed by atoms with Crippen molar-refractivity contribution in [3.63, 3.8) is 0 Å². The second-order valence-corrected chi connectivity index (χ2v) is 5.33. The Balaban J connectivity index is 2.10. The van der Waals surface area contributed by atoms with Crippen LogP contribution in [0.25, 0.3) is 0 Å². The summed E-state index contributed by atoms with van der Waals surface area (Å²) in [5.74, 6) is -0.848. The van der Waals surface area contributed by atoms with Gasteiger partial charge in [0.15, 0.2) is 5.60 Å². The predicted octanol–water partition coefficient (Wildman–Crippen LogP) is 1.89. The van der Waals surface area contributed by atoms with Crippen molar-refractivity contribution < 1.29 is 19.8 Å². The maximum Gasteiger partial charge on any atom is 0.340 e. The minimum absolute atomic E-state index is 0.103. The minimum Gasteiger partial charge on any atom is -0.479 e. The fourth-order valence-electron chi connectivity index (χ4n) is 2.48. The lowest BCUT2D eigenvalue weighted by molar-refractivity contribution is -0.157. The summed E-state index contributed by atoms with van der Waals surface area (Å²) in [7, 11) is 0. The maximum atomic E-state index is 11.6. The van der Waals surface area contributed by atoms with Gasteiger partial charge in [0.05, 0.1) is 0 Å². The topological polar surface area (TPSA) is 74.6 Å². The summed E-state index contributed by atoms with van der Waals surface area (Å²) in [6.45, 7) is 1.25. The molecule has 0 saturated heterocycles. The van der Waals surface area contributed by atoms with E-state index in [1.54, 1.807) is 24.3 Å². The van der Waals surface area contributed by atoms with Crippen molar-refractivity contribution in [2.45, 2.75) is 38.2 Å². The van der Waals surface area contributed by atoms with E-state index >= 15 is 0 Å². The first-order valence-electron chi connectivity index (χ1n) is 6.49. The van der Waals surface area contributed by atoms with Gasteiger partial charge in [0, 0.05) is 12.3 Å². The van der Waals surface area contributed by atoms with Crippen molar-refractivity contribution in [2.24, 2.45) is 5.92 Å². The standard InChI is InChI=1S/C15H18O4/c1-15(19,14(17)18)12-7-5-10(6-8-12)9-11-3-2-4-13(11)16/h5-8,11,19H,2-4,9H2,1H3,(H,17,18). The molecule has 2 unspecified atom stereocenters. The van der Waals surface area contributed by atoms with E-state index in [0.717, 1.165) is 18.4 Å². The zero-order valence-corrected chi connectivity index (χ0v) is 10.9. The van der Waals surface area contributed by atoms with Gasteiger partial charge in [-0.1, -0.05) is 24.3 Å². The monoisotopic (exact) mass is 262 g/mol. The second-order valence-electron chi connectivity index (χ2n) is 5.33. The molecular weight excluding hydrogens is 244 g/mol. The van der Waals surface area contributed by atoms with Crippen LogP contribution in [0.15, 0.2) is 24.3 Å². The molecule has 1 fully saturated rings. The molecule has 0 radical (unpaired) electrons. The van der Waals surface area contributed by atoms with E-state index in [1.807, 2.05) is 0 Å². The average Bonchev–Trinajstić information content (AvgIpc) is 2.75. The maximum absolute atomic E-state index is 11.6. The van der Waals surface area contributed by atoms with Crippen LogP contribution in [0.2, 0.25) is 0 Å². The third-order valence-corrected chi connectivity index (χ3v) is 3.85. The van der Waals surface area contributed by atoms with Crippen molar-refractivity contribution >= 4 is 11.8 Å². The summed E-state index contributed by atoms with van der Waals surface area (Å²) in [5.41, 5.74) is -0.520. The van der Waals surface area contributed by atoms with Crippen LogP contribution in [0.1, 0.15) is 37.3 Å². The van der Waals surface area contributed by atoms with Gasteiger partial charge >= 0.3 is 5.97 Å². The molecule has 1 aliphatic carbocycles. The van der Waals surface area contributed by atoms with Gasteiger partial charge < -0.3 is 10.2 Å². The molecular formula is C15H18O4. The Hall–Kier alpha value is -1.68. The molecule has 0 aliphatic heterocycles. The first-order chi connectivity index (χ1) is 8.91. The fraction of sp³-hybridized carbons (Fsp3) is 0.467. The van der Waals surface area contributed by atoms with E-state index in [4.69, 9.17) is 5.11 Å². The number of Topliss-reactive ketones (excluding diaryl/α,β-unsaturated/α-hetero) is 1. The van der Waals surface area contributed by atoms with Gasteiger partial charge in [-0.05, 0) is 37.3 Å². The number of carbonyl (C=O) groups excluding carboxylic acids is 1. The Kier molecular flexibility index (Phi) is 3.71. The molecule has 1 aromatic rings. The Morgan fingerprint density at radius 3 is 2.47 bits per heavy atom. The molecule has 1 saturated carbocycles. The molecule has 4 heteroatoms. The van der Waals surface area contributed by atoms with Gasteiger partial charge in [-0.3, -0.25) is 4.79 Å². The SMILES string of the molecule is CC(O)(C(=O)O)c1ccc(CC2CCCC2=O)cc1. The van der Waals surface area contributed by atoms with Gasteiger partial charge in [-0.2, -0.15) is 0 Å². The molecule has 1 aliphatic rings. The summed E-state index contributed by atoms with van der Waals surface area (Å²) in [5, 5.41) is 18.8. The molecule has 4 nitrogen and oxygen atoms in total. The van der Waals surface area contributed by atoms with E-state index in [2.05, 4.69) is 0 Å². The highest BCUT2D eigenvalue weighted by atomic mass is 16.4. The normalized spacial score (nSPS) is 22.2. The van der Waals surface area contributed by atoms with E-state index < -0.39 is 11.6 Å². The average molecular weight is 262 g/mol. The Morgan fingerprint density at radius 2 is 2.00 bits per heavy atom. The lowest BCUT2D eigenvalue weighted by Gasteiger charge is -2.18. The Labute approximate surface area is 112 Å². The summed E-state index contributed by atoms with van der Waals surface area (Å²) < 4.78 is 0. The van der Waals surface area contributed by atoms with E-state index in [-0.39, 0.29) is 5.92 Å². The number of hydrogen-bond donors (Lipinski definition) is 2. The van der Waals surface area contributed by atoms with Crippen LogP contribution in [0.4, 0.5) is 0 Å². The van der Waals surface area contributed by atoms with Crippen molar-refractivity contribution in [2.75, 3.05) is 0 Å². The van der Waals surface area contributed by atoms with Gasteiger partial charge in [0.25, 0.3) is 0 Å². The number of hydrogen-bond acceptors (Lipinski definition) is 3. The first-order valence-corrected chi connectivity index (χ1v) is 6.49. The number of ketones is 1. The molecule has 0 heterocycles. The van der Waals surface area contributed by atoms with E-state index in [9.17, 15) is 14.7 Å². The fourth-order valence-corrected chi connectivity index (χ4v) is 2.48. The quantitative estimate of drug-likeness (QED) is 0.869. The molecule has 2 atom stereocenters. The number of aliphatic hydroxyl groups is 1. The van der Waals surface area contributed by atoms with Gasteiger partial charge in [-0.25, -0.2) is 4.79 Å². The van der Waals surface area contributed by atoms with Gasteiger partial charge in [0.2, 0.25) is 0 Å². The lowest BCUT2D eigenvalue weighted by atomic mass is 9.92. The number of benzene rings is 1. The zero-order valence-electron chi connectivity index (χ0n) is 10.9. The summed E-state index contributed by atoms with van der Waals surface area (Å²) in [4.78, 5) is 22.5. The molecule has 1 aromatic carbocycles. The minimum atomic E-state index is -1.87. The van der Waals surface area contributed by atoms with Crippen LogP contribution >= 0.6 is 0 Å². The van der Waals surface area contributed by atoms with Gasteiger partial charge in [-0.15, -0.1) is 0 Å². The van der Waals surface area contributed by atoms with Crippen LogP contribution in [-0.2, 0) is 21.6 Å². The van der Waals surface area contributed by atoms with Crippen LogP contribution in [0.3, 0.4) is 0 Å². The van der Waals surface area contributed by atoms with Crippen molar-refractivity contribution in [1.29, 1.82) is 0 Å². The number of rotatable bonds is 4. The third-order valence-electron chi connectivity index (χ3n) is 3.85. The molecule has 0 aromatic heterocycles. The molecule has 19 heavy (non-hydrogen) atoms. The lowest BCUT2D eigenvalue weighted by Crippen LogP contribution is -2.31. The van der Waals surface area contributed by atoms with Crippen LogP contribution in [0.5, 0.6) is 0 Å². The van der Waals surface area contributed by atoms with Crippen molar-refractivity contribution in [3.8, 4) is 0 Å². The molecule has 0 amide bonds. The molecule has 102 valence electrons. The molecule has 0 bridgehead atoms. The van der Waals surface area contributed by atoms with Crippen molar-refractivity contribution in [1.82, 2.24) is 0 Å². The van der Waals surface area contributed by atoms with Crippen LogP contribution in [0, 0.1) is 5.92 Å².